The highest BCUT2D eigenvalue weighted by Crippen LogP contribution is 2.44. The summed E-state index contributed by atoms with van der Waals surface area (Å²) in [4.78, 5) is 9.10. The number of pyridine rings is 2. The summed E-state index contributed by atoms with van der Waals surface area (Å²) in [6, 6.07) is 48.2. The molecule has 0 radical (unpaired) electrons. The average molecular weight is 549 g/mol. The van der Waals surface area contributed by atoms with E-state index in [9.17, 15) is 0 Å². The number of hydrogen-bond acceptors (Lipinski definition) is 2. The Hall–Kier alpha value is -5.60. The van der Waals surface area contributed by atoms with Crippen molar-refractivity contribution in [1.29, 1.82) is 0 Å². The largest absolute Gasteiger partial charge is 0.263 e. The predicted octanol–water partition coefficient (Wildman–Crippen LogP) is 10.9. The first-order chi connectivity index (χ1) is 21.2. The van der Waals surface area contributed by atoms with Gasteiger partial charge in [-0.25, -0.2) is 0 Å². The van der Waals surface area contributed by atoms with Crippen molar-refractivity contribution in [2.45, 2.75) is 6.92 Å². The molecular formula is C41H28N2. The van der Waals surface area contributed by atoms with E-state index >= 15 is 0 Å². The lowest BCUT2D eigenvalue weighted by Gasteiger charge is -2.18. The molecule has 202 valence electrons. The van der Waals surface area contributed by atoms with E-state index in [1.54, 1.807) is 0 Å². The molecular weight excluding hydrogens is 520 g/mol. The van der Waals surface area contributed by atoms with Crippen molar-refractivity contribution in [2.24, 2.45) is 0 Å². The Morgan fingerprint density at radius 3 is 1.70 bits per heavy atom. The number of fused-ring (bicyclic) bond motifs is 3. The van der Waals surface area contributed by atoms with Gasteiger partial charge in [0.25, 0.3) is 0 Å². The number of nitrogens with zero attached hydrogens (tertiary/aromatic N) is 2. The van der Waals surface area contributed by atoms with Crippen LogP contribution < -0.4 is 0 Å². The van der Waals surface area contributed by atoms with Gasteiger partial charge in [-0.2, -0.15) is 0 Å². The van der Waals surface area contributed by atoms with E-state index < -0.39 is 0 Å². The van der Waals surface area contributed by atoms with Crippen LogP contribution in [0, 0.1) is 6.92 Å². The average Bonchev–Trinajstić information content (AvgIpc) is 3.07. The molecule has 0 unspecified atom stereocenters. The van der Waals surface area contributed by atoms with Crippen molar-refractivity contribution in [2.75, 3.05) is 0 Å². The monoisotopic (exact) mass is 548 g/mol. The third-order valence-electron chi connectivity index (χ3n) is 8.40. The Morgan fingerprint density at radius 1 is 0.419 bits per heavy atom. The van der Waals surface area contributed by atoms with Gasteiger partial charge in [0, 0.05) is 29.7 Å². The molecule has 0 fully saturated rings. The molecule has 0 amide bonds. The van der Waals surface area contributed by atoms with Crippen LogP contribution in [0.4, 0.5) is 0 Å². The van der Waals surface area contributed by atoms with Gasteiger partial charge >= 0.3 is 0 Å². The molecule has 8 aromatic rings. The summed E-state index contributed by atoms with van der Waals surface area (Å²) in [5.41, 5.74) is 10.4. The van der Waals surface area contributed by atoms with Gasteiger partial charge in [0.2, 0.25) is 0 Å². The number of aryl methyl sites for hydroxylation is 1. The summed E-state index contributed by atoms with van der Waals surface area (Å²) in [5.74, 6) is 0. The molecule has 2 aromatic heterocycles. The van der Waals surface area contributed by atoms with Crippen LogP contribution in [0.2, 0.25) is 0 Å². The minimum Gasteiger partial charge on any atom is -0.263 e. The molecule has 0 saturated heterocycles. The van der Waals surface area contributed by atoms with Crippen LogP contribution >= 0.6 is 0 Å². The minimum absolute atomic E-state index is 0.921. The summed E-state index contributed by atoms with van der Waals surface area (Å²) in [6.45, 7) is 2.15. The Labute approximate surface area is 251 Å². The van der Waals surface area contributed by atoms with Crippen LogP contribution in [0.15, 0.2) is 152 Å². The van der Waals surface area contributed by atoms with Crippen LogP contribution in [0.25, 0.3) is 77.0 Å². The normalized spacial score (nSPS) is 11.4. The Morgan fingerprint density at radius 2 is 1.00 bits per heavy atom. The van der Waals surface area contributed by atoms with Crippen LogP contribution in [0.5, 0.6) is 0 Å². The van der Waals surface area contributed by atoms with Gasteiger partial charge in [-0.1, -0.05) is 109 Å². The lowest BCUT2D eigenvalue weighted by Crippen LogP contribution is -1.91. The number of benzene rings is 6. The minimum atomic E-state index is 0.921. The van der Waals surface area contributed by atoms with Crippen molar-refractivity contribution < 1.29 is 0 Å². The highest BCUT2D eigenvalue weighted by Gasteiger charge is 2.17. The van der Waals surface area contributed by atoms with Crippen molar-refractivity contribution in [3.63, 3.8) is 0 Å². The maximum Gasteiger partial charge on any atom is 0.0717 e. The predicted molar refractivity (Wildman–Crippen MR) is 181 cm³/mol. The SMILES string of the molecule is Cc1ccc2cc(-c3c4ccccc4c(-c4cccc(-c5cncc(-c6ccccn6)c5)c4)c4ccccc34)ccc2c1. The van der Waals surface area contributed by atoms with Gasteiger partial charge < -0.3 is 0 Å². The Bertz CT molecular complexity index is 2240. The number of aromatic nitrogens is 2. The topological polar surface area (TPSA) is 25.8 Å². The fraction of sp³-hybridized carbons (Fsp3) is 0.0244. The number of hydrogen-bond donors (Lipinski definition) is 0. The molecule has 0 atom stereocenters. The van der Waals surface area contributed by atoms with Crippen molar-refractivity contribution in [3.8, 4) is 44.6 Å². The van der Waals surface area contributed by atoms with E-state index in [1.165, 1.54) is 60.1 Å². The second kappa shape index (κ2) is 10.3. The molecule has 0 aliphatic rings. The van der Waals surface area contributed by atoms with Crippen molar-refractivity contribution >= 4 is 32.3 Å². The summed E-state index contributed by atoms with van der Waals surface area (Å²) >= 11 is 0. The molecule has 6 aromatic carbocycles. The second-order valence-electron chi connectivity index (χ2n) is 11.2. The van der Waals surface area contributed by atoms with E-state index in [-0.39, 0.29) is 0 Å². The third kappa shape index (κ3) is 4.45. The third-order valence-corrected chi connectivity index (χ3v) is 8.40. The fourth-order valence-corrected chi connectivity index (χ4v) is 6.40. The zero-order valence-electron chi connectivity index (χ0n) is 23.8. The molecule has 2 heterocycles. The fourth-order valence-electron chi connectivity index (χ4n) is 6.40. The van der Waals surface area contributed by atoms with Crippen molar-refractivity contribution in [3.05, 3.63) is 158 Å². The molecule has 0 saturated carbocycles. The molecule has 0 N–H and O–H groups in total. The zero-order chi connectivity index (χ0) is 28.8. The highest BCUT2D eigenvalue weighted by atomic mass is 14.7. The van der Waals surface area contributed by atoms with Gasteiger partial charge in [0.1, 0.15) is 0 Å². The first kappa shape index (κ1) is 25.1. The maximum absolute atomic E-state index is 4.57. The van der Waals surface area contributed by atoms with Gasteiger partial charge in [0.05, 0.1) is 5.69 Å². The summed E-state index contributed by atoms with van der Waals surface area (Å²) in [7, 11) is 0. The Balaban J connectivity index is 1.34. The first-order valence-corrected chi connectivity index (χ1v) is 14.6. The smallest absolute Gasteiger partial charge is 0.0717 e. The second-order valence-corrected chi connectivity index (χ2v) is 11.2. The Kier molecular flexibility index (Phi) is 6.05. The quantitative estimate of drug-likeness (QED) is 0.204. The molecule has 43 heavy (non-hydrogen) atoms. The van der Waals surface area contributed by atoms with Gasteiger partial charge in [-0.15, -0.1) is 0 Å². The van der Waals surface area contributed by atoms with Gasteiger partial charge in [0.15, 0.2) is 0 Å². The summed E-state index contributed by atoms with van der Waals surface area (Å²) < 4.78 is 0. The van der Waals surface area contributed by atoms with E-state index in [1.807, 2.05) is 36.8 Å². The van der Waals surface area contributed by atoms with E-state index in [4.69, 9.17) is 0 Å². The first-order valence-electron chi connectivity index (χ1n) is 14.6. The standard InChI is InChI=1S/C41H28N2/c1-27-16-17-30-23-32(19-18-29(30)21-27)41-37-13-4-2-11-35(37)40(36-12-3-5-14-38(36)41)31-10-8-9-28(22-31)33-24-34(26-42-25-33)39-15-6-7-20-43-39/h2-26H,1H3. The van der Waals surface area contributed by atoms with E-state index in [0.717, 1.165) is 22.4 Å². The van der Waals surface area contributed by atoms with E-state index in [2.05, 4.69) is 132 Å². The van der Waals surface area contributed by atoms with Crippen LogP contribution in [0.3, 0.4) is 0 Å². The zero-order valence-corrected chi connectivity index (χ0v) is 23.8. The summed E-state index contributed by atoms with van der Waals surface area (Å²) in [5, 5.41) is 7.54. The van der Waals surface area contributed by atoms with Crippen LogP contribution in [-0.2, 0) is 0 Å². The maximum atomic E-state index is 4.57. The van der Waals surface area contributed by atoms with Crippen LogP contribution in [0.1, 0.15) is 5.56 Å². The molecule has 0 bridgehead atoms. The van der Waals surface area contributed by atoms with Crippen molar-refractivity contribution in [1.82, 2.24) is 9.97 Å². The number of rotatable bonds is 4. The molecule has 2 nitrogen and oxygen atoms in total. The summed E-state index contributed by atoms with van der Waals surface area (Å²) in [6.07, 6.45) is 5.64. The molecule has 0 spiro atoms. The van der Waals surface area contributed by atoms with E-state index in [0.29, 0.717) is 0 Å². The molecule has 0 aliphatic heterocycles. The lowest BCUT2D eigenvalue weighted by atomic mass is 9.85. The van der Waals surface area contributed by atoms with Gasteiger partial charge in [-0.3, -0.25) is 9.97 Å². The molecule has 2 heteroatoms. The highest BCUT2D eigenvalue weighted by molar-refractivity contribution is 6.21. The molecule has 8 rings (SSSR count). The van der Waals surface area contributed by atoms with Gasteiger partial charge in [-0.05, 0) is 97.4 Å². The lowest BCUT2D eigenvalue weighted by molar-refractivity contribution is 1.28. The van der Waals surface area contributed by atoms with Crippen LogP contribution in [-0.4, -0.2) is 9.97 Å². The molecule has 0 aliphatic carbocycles.